The molecule has 6 heteroatoms. The molecule has 0 bridgehead atoms. The van der Waals surface area contributed by atoms with E-state index in [1.807, 2.05) is 19.2 Å². The van der Waals surface area contributed by atoms with Gasteiger partial charge in [0.1, 0.15) is 0 Å². The second kappa shape index (κ2) is 5.30. The molecule has 0 aromatic carbocycles. The minimum atomic E-state index is -0.974. The smallest absolute Gasteiger partial charge is 0.328 e. The minimum Gasteiger partial charge on any atom is -0.478 e. The molecule has 0 amide bonds. The van der Waals surface area contributed by atoms with Gasteiger partial charge in [-0.2, -0.15) is 5.10 Å². The van der Waals surface area contributed by atoms with Crippen LogP contribution in [0.15, 0.2) is 30.7 Å². The van der Waals surface area contributed by atoms with Crippen LogP contribution in [0.4, 0.5) is 0 Å². The Hall–Kier alpha value is -1.70. The molecular weight excluding hydrogens is 345 g/mol. The Labute approximate surface area is 117 Å². The van der Waals surface area contributed by atoms with Crippen LogP contribution in [0.2, 0.25) is 0 Å². The normalized spacial score (nSPS) is 11.0. The molecule has 5 nitrogen and oxygen atoms in total. The third kappa shape index (κ3) is 2.95. The van der Waals surface area contributed by atoms with E-state index in [2.05, 4.69) is 32.7 Å². The molecule has 2 aromatic rings. The largest absolute Gasteiger partial charge is 0.478 e. The fourth-order valence-corrected chi connectivity index (χ4v) is 1.89. The number of pyridine rings is 1. The minimum absolute atomic E-state index is 0.741. The molecule has 1 N–H and O–H groups in total. The van der Waals surface area contributed by atoms with Crippen molar-refractivity contribution in [2.24, 2.45) is 0 Å². The lowest BCUT2D eigenvalue weighted by Gasteiger charge is -2.05. The van der Waals surface area contributed by atoms with E-state index in [-0.39, 0.29) is 0 Å². The Kier molecular flexibility index (Phi) is 3.75. The molecule has 0 fully saturated rings. The van der Waals surface area contributed by atoms with Gasteiger partial charge in [-0.05, 0) is 52.8 Å². The van der Waals surface area contributed by atoms with Gasteiger partial charge in [0.2, 0.25) is 0 Å². The lowest BCUT2D eigenvalue weighted by Crippen LogP contribution is -2.01. The van der Waals surface area contributed by atoms with Gasteiger partial charge in [0.15, 0.2) is 5.82 Å². The zero-order chi connectivity index (χ0) is 13.1. The molecule has 0 aliphatic heterocycles. The van der Waals surface area contributed by atoms with Crippen LogP contribution in [0, 0.1) is 10.5 Å². The summed E-state index contributed by atoms with van der Waals surface area (Å²) in [5, 5.41) is 12.7. The fourth-order valence-electron chi connectivity index (χ4n) is 1.50. The zero-order valence-electron chi connectivity index (χ0n) is 9.54. The summed E-state index contributed by atoms with van der Waals surface area (Å²) in [7, 11) is 0. The zero-order valence-corrected chi connectivity index (χ0v) is 11.7. The second-order valence-corrected chi connectivity index (χ2v) is 4.93. The number of aryl methyl sites for hydroxylation is 1. The molecule has 18 heavy (non-hydrogen) atoms. The van der Waals surface area contributed by atoms with Gasteiger partial charge >= 0.3 is 5.97 Å². The van der Waals surface area contributed by atoms with Gasteiger partial charge in [0.05, 0.1) is 9.77 Å². The Bertz CT molecular complexity index is 620. The Morgan fingerprint density at radius 2 is 2.28 bits per heavy atom. The van der Waals surface area contributed by atoms with Gasteiger partial charge < -0.3 is 5.11 Å². The van der Waals surface area contributed by atoms with E-state index < -0.39 is 5.97 Å². The van der Waals surface area contributed by atoms with Gasteiger partial charge in [-0.25, -0.2) is 14.5 Å². The van der Waals surface area contributed by atoms with Gasteiger partial charge in [0.25, 0.3) is 0 Å². The van der Waals surface area contributed by atoms with Gasteiger partial charge in [0, 0.05) is 18.5 Å². The predicted molar refractivity (Wildman–Crippen MR) is 75.5 cm³/mol. The molecule has 0 unspecified atom stereocenters. The first-order chi connectivity index (χ1) is 8.56. The quantitative estimate of drug-likeness (QED) is 0.678. The lowest BCUT2D eigenvalue weighted by molar-refractivity contribution is -0.131. The maximum atomic E-state index is 10.4. The molecule has 0 saturated heterocycles. The summed E-state index contributed by atoms with van der Waals surface area (Å²) in [6.45, 7) is 1.91. The average molecular weight is 355 g/mol. The molecule has 0 aliphatic carbocycles. The highest BCUT2D eigenvalue weighted by molar-refractivity contribution is 14.1. The first kappa shape index (κ1) is 12.7. The molecular formula is C12H10IN3O2. The fraction of sp³-hybridized carbons (Fsp3) is 0.0833. The van der Waals surface area contributed by atoms with Crippen LogP contribution in [-0.2, 0) is 4.79 Å². The van der Waals surface area contributed by atoms with Crippen molar-refractivity contribution in [3.05, 3.63) is 45.4 Å². The SMILES string of the molecule is Cc1cc(/C=C/C(=O)O)cnc1-n1cc(I)cn1. The summed E-state index contributed by atoms with van der Waals surface area (Å²) in [5.74, 6) is -0.233. The Morgan fingerprint density at radius 1 is 1.50 bits per heavy atom. The third-order valence-electron chi connectivity index (χ3n) is 2.26. The number of hydrogen-bond acceptors (Lipinski definition) is 3. The summed E-state index contributed by atoms with van der Waals surface area (Å²) < 4.78 is 2.73. The highest BCUT2D eigenvalue weighted by Gasteiger charge is 2.04. The van der Waals surface area contributed by atoms with Crippen molar-refractivity contribution in [2.45, 2.75) is 6.92 Å². The van der Waals surface area contributed by atoms with E-state index >= 15 is 0 Å². The average Bonchev–Trinajstić information content (AvgIpc) is 2.73. The predicted octanol–water partition coefficient (Wildman–Crippen LogP) is 2.28. The van der Waals surface area contributed by atoms with Gasteiger partial charge in [-0.1, -0.05) is 0 Å². The van der Waals surface area contributed by atoms with Crippen molar-refractivity contribution < 1.29 is 9.90 Å². The molecule has 0 spiro atoms. The van der Waals surface area contributed by atoms with Crippen LogP contribution in [0.5, 0.6) is 0 Å². The monoisotopic (exact) mass is 355 g/mol. The molecule has 92 valence electrons. The first-order valence-corrected chi connectivity index (χ1v) is 6.22. The van der Waals surface area contributed by atoms with Crippen molar-refractivity contribution in [3.63, 3.8) is 0 Å². The number of aromatic nitrogens is 3. The number of carbonyl (C=O) groups is 1. The van der Waals surface area contributed by atoms with E-state index in [9.17, 15) is 4.79 Å². The summed E-state index contributed by atoms with van der Waals surface area (Å²) in [6, 6.07) is 1.87. The molecule has 0 atom stereocenters. The molecule has 2 rings (SSSR count). The van der Waals surface area contributed by atoms with Crippen LogP contribution in [0.1, 0.15) is 11.1 Å². The topological polar surface area (TPSA) is 68.0 Å². The van der Waals surface area contributed by atoms with E-state index in [0.29, 0.717) is 0 Å². The number of carboxylic acid groups (broad SMARTS) is 1. The molecule has 0 radical (unpaired) electrons. The summed E-state index contributed by atoms with van der Waals surface area (Å²) in [6.07, 6.45) is 7.85. The third-order valence-corrected chi connectivity index (χ3v) is 2.82. The lowest BCUT2D eigenvalue weighted by atomic mass is 10.2. The number of halogens is 1. The van der Waals surface area contributed by atoms with Crippen molar-refractivity contribution in [1.29, 1.82) is 0 Å². The molecule has 0 aliphatic rings. The van der Waals surface area contributed by atoms with E-state index in [1.165, 1.54) is 6.08 Å². The molecule has 2 heterocycles. The molecule has 0 saturated carbocycles. The Morgan fingerprint density at radius 3 is 2.83 bits per heavy atom. The second-order valence-electron chi connectivity index (χ2n) is 3.68. The number of aliphatic carboxylic acids is 1. The maximum Gasteiger partial charge on any atom is 0.328 e. The van der Waals surface area contributed by atoms with Gasteiger partial charge in [-0.15, -0.1) is 0 Å². The number of carboxylic acids is 1. The summed E-state index contributed by atoms with van der Waals surface area (Å²) >= 11 is 2.18. The van der Waals surface area contributed by atoms with Crippen LogP contribution < -0.4 is 0 Å². The van der Waals surface area contributed by atoms with Crippen molar-refractivity contribution in [2.75, 3.05) is 0 Å². The van der Waals surface area contributed by atoms with Crippen molar-refractivity contribution >= 4 is 34.6 Å². The van der Waals surface area contributed by atoms with E-state index in [0.717, 1.165) is 26.6 Å². The highest BCUT2D eigenvalue weighted by atomic mass is 127. The van der Waals surface area contributed by atoms with Crippen molar-refractivity contribution in [3.8, 4) is 5.82 Å². The van der Waals surface area contributed by atoms with Crippen molar-refractivity contribution in [1.82, 2.24) is 14.8 Å². The van der Waals surface area contributed by atoms with Crippen LogP contribution >= 0.6 is 22.6 Å². The summed E-state index contributed by atoms with van der Waals surface area (Å²) in [5.41, 5.74) is 1.68. The van der Waals surface area contributed by atoms with Gasteiger partial charge in [-0.3, -0.25) is 0 Å². The van der Waals surface area contributed by atoms with E-state index in [1.54, 1.807) is 17.1 Å². The van der Waals surface area contributed by atoms with E-state index in [4.69, 9.17) is 5.11 Å². The molecule has 2 aromatic heterocycles. The number of hydrogen-bond donors (Lipinski definition) is 1. The first-order valence-electron chi connectivity index (χ1n) is 5.14. The highest BCUT2D eigenvalue weighted by Crippen LogP contribution is 2.14. The van der Waals surface area contributed by atoms with Crippen LogP contribution in [-0.4, -0.2) is 25.8 Å². The van der Waals surface area contributed by atoms with Crippen LogP contribution in [0.3, 0.4) is 0 Å². The summed E-state index contributed by atoms with van der Waals surface area (Å²) in [4.78, 5) is 14.7. The standard InChI is InChI=1S/C12H10IN3O2/c1-8-4-9(2-3-11(17)18)5-14-12(8)16-7-10(13)6-15-16/h2-7H,1H3,(H,17,18)/b3-2+. The number of rotatable bonds is 3. The maximum absolute atomic E-state index is 10.4. The Balaban J connectivity index is 2.33. The van der Waals surface area contributed by atoms with Crippen LogP contribution in [0.25, 0.3) is 11.9 Å². The number of nitrogens with zero attached hydrogens (tertiary/aromatic N) is 3.